The quantitative estimate of drug-likeness (QED) is 0.874. The Balaban J connectivity index is 1.97. The van der Waals surface area contributed by atoms with Gasteiger partial charge in [-0.25, -0.2) is 0 Å². The molecule has 2 atom stereocenters. The van der Waals surface area contributed by atoms with E-state index in [-0.39, 0.29) is 17.4 Å². The predicted molar refractivity (Wildman–Crippen MR) is 95.1 cm³/mol. The molecule has 1 aliphatic rings. The van der Waals surface area contributed by atoms with E-state index in [0.717, 1.165) is 24.5 Å². The average molecular weight is 321 g/mol. The molecule has 2 unspecified atom stereocenters. The van der Waals surface area contributed by atoms with Gasteiger partial charge in [0.25, 0.3) is 0 Å². The van der Waals surface area contributed by atoms with Crippen molar-refractivity contribution in [3.63, 3.8) is 0 Å². The third-order valence-corrected chi connectivity index (χ3v) is 4.91. The van der Waals surface area contributed by atoms with Gasteiger partial charge in [-0.15, -0.1) is 0 Å². The van der Waals surface area contributed by atoms with E-state index >= 15 is 0 Å². The first-order chi connectivity index (χ1) is 10.4. The summed E-state index contributed by atoms with van der Waals surface area (Å²) in [6.07, 6.45) is 1.51. The Morgan fingerprint density at radius 3 is 2.68 bits per heavy atom. The van der Waals surface area contributed by atoms with Crippen LogP contribution >= 0.6 is 11.8 Å². The van der Waals surface area contributed by atoms with Crippen LogP contribution in [0.3, 0.4) is 0 Å². The van der Waals surface area contributed by atoms with E-state index in [1.807, 2.05) is 30.0 Å². The van der Waals surface area contributed by atoms with E-state index in [0.29, 0.717) is 12.5 Å². The van der Waals surface area contributed by atoms with Gasteiger partial charge >= 0.3 is 0 Å². The van der Waals surface area contributed by atoms with Gasteiger partial charge in [0.2, 0.25) is 5.91 Å². The van der Waals surface area contributed by atoms with E-state index in [1.54, 1.807) is 0 Å². The van der Waals surface area contributed by atoms with Crippen molar-refractivity contribution in [3.05, 3.63) is 35.9 Å². The monoisotopic (exact) mass is 320 g/mol. The summed E-state index contributed by atoms with van der Waals surface area (Å²) in [5, 5.41) is 6.68. The molecule has 1 amide bonds. The van der Waals surface area contributed by atoms with Crippen LogP contribution in [-0.4, -0.2) is 30.0 Å². The Morgan fingerprint density at radius 1 is 1.36 bits per heavy atom. The van der Waals surface area contributed by atoms with Crippen molar-refractivity contribution in [1.82, 2.24) is 10.6 Å². The zero-order chi connectivity index (χ0) is 16.0. The SMILES string of the molecule is CC(C)(C)CC(NC(=O)CC1CSCCN1)c1ccccc1. The molecule has 2 N–H and O–H groups in total. The number of nitrogens with one attached hydrogen (secondary N) is 2. The summed E-state index contributed by atoms with van der Waals surface area (Å²) < 4.78 is 0. The molecule has 4 heteroatoms. The first kappa shape index (κ1) is 17.4. The fourth-order valence-electron chi connectivity index (χ4n) is 2.78. The van der Waals surface area contributed by atoms with E-state index < -0.39 is 0 Å². The van der Waals surface area contributed by atoms with E-state index in [2.05, 4.69) is 43.5 Å². The summed E-state index contributed by atoms with van der Waals surface area (Å²) in [7, 11) is 0. The Morgan fingerprint density at radius 2 is 2.09 bits per heavy atom. The predicted octanol–water partition coefficient (Wildman–Crippen LogP) is 3.38. The van der Waals surface area contributed by atoms with Crippen molar-refractivity contribution in [1.29, 1.82) is 0 Å². The number of hydrogen-bond donors (Lipinski definition) is 2. The lowest BCUT2D eigenvalue weighted by molar-refractivity contribution is -0.122. The molecule has 0 spiro atoms. The van der Waals surface area contributed by atoms with Crippen LogP contribution in [-0.2, 0) is 4.79 Å². The molecular formula is C18H28N2OS. The second-order valence-corrected chi connectivity index (χ2v) is 8.38. The Kier molecular flexibility index (Phi) is 6.33. The Labute approximate surface area is 138 Å². The topological polar surface area (TPSA) is 41.1 Å². The molecule has 1 aromatic rings. The summed E-state index contributed by atoms with van der Waals surface area (Å²) >= 11 is 1.93. The minimum Gasteiger partial charge on any atom is -0.349 e. The number of amides is 1. The zero-order valence-electron chi connectivity index (χ0n) is 13.9. The number of carbonyl (C=O) groups is 1. The lowest BCUT2D eigenvalue weighted by Crippen LogP contribution is -2.42. The Bertz CT molecular complexity index is 464. The van der Waals surface area contributed by atoms with E-state index in [9.17, 15) is 4.79 Å². The standard InChI is InChI=1S/C18H28N2OS/c1-18(2,3)12-16(14-7-5-4-6-8-14)20-17(21)11-15-13-22-10-9-19-15/h4-8,15-16,19H,9-13H2,1-3H3,(H,20,21). The third-order valence-electron chi connectivity index (χ3n) is 3.78. The van der Waals surface area contributed by atoms with Gasteiger partial charge in [0.05, 0.1) is 6.04 Å². The molecule has 122 valence electrons. The molecule has 22 heavy (non-hydrogen) atoms. The van der Waals surface area contributed by atoms with Gasteiger partial charge in [-0.1, -0.05) is 51.1 Å². The van der Waals surface area contributed by atoms with Crippen LogP contribution in [0, 0.1) is 5.41 Å². The summed E-state index contributed by atoms with van der Waals surface area (Å²) in [6, 6.07) is 10.7. The lowest BCUT2D eigenvalue weighted by atomic mass is 9.85. The highest BCUT2D eigenvalue weighted by Gasteiger charge is 2.23. The van der Waals surface area contributed by atoms with Gasteiger partial charge in [-0.05, 0) is 17.4 Å². The van der Waals surface area contributed by atoms with Gasteiger partial charge in [-0.2, -0.15) is 11.8 Å². The molecule has 0 bridgehead atoms. The molecular weight excluding hydrogens is 292 g/mol. The zero-order valence-corrected chi connectivity index (χ0v) is 14.7. The molecule has 1 saturated heterocycles. The van der Waals surface area contributed by atoms with Crippen LogP contribution in [0.2, 0.25) is 0 Å². The highest BCUT2D eigenvalue weighted by atomic mass is 32.2. The second kappa shape index (κ2) is 8.02. The van der Waals surface area contributed by atoms with Gasteiger partial charge in [0, 0.05) is 30.5 Å². The van der Waals surface area contributed by atoms with Crippen molar-refractivity contribution >= 4 is 17.7 Å². The smallest absolute Gasteiger partial charge is 0.222 e. The molecule has 0 saturated carbocycles. The molecule has 0 radical (unpaired) electrons. The lowest BCUT2D eigenvalue weighted by Gasteiger charge is -2.28. The van der Waals surface area contributed by atoms with Crippen LogP contribution in [0.4, 0.5) is 0 Å². The summed E-state index contributed by atoms with van der Waals surface area (Å²) in [5.41, 5.74) is 1.36. The fourth-order valence-corrected chi connectivity index (χ4v) is 3.73. The summed E-state index contributed by atoms with van der Waals surface area (Å²) in [6.45, 7) is 7.66. The van der Waals surface area contributed by atoms with Crippen molar-refractivity contribution in [2.75, 3.05) is 18.1 Å². The molecule has 0 aromatic heterocycles. The first-order valence-corrected chi connectivity index (χ1v) is 9.25. The highest BCUT2D eigenvalue weighted by Crippen LogP contribution is 2.29. The van der Waals surface area contributed by atoms with Crippen LogP contribution in [0.5, 0.6) is 0 Å². The van der Waals surface area contributed by atoms with Crippen LogP contribution in [0.1, 0.15) is 45.2 Å². The minimum atomic E-state index is 0.0879. The van der Waals surface area contributed by atoms with Crippen molar-refractivity contribution in [3.8, 4) is 0 Å². The number of hydrogen-bond acceptors (Lipinski definition) is 3. The number of rotatable bonds is 5. The van der Waals surface area contributed by atoms with E-state index in [1.165, 1.54) is 5.56 Å². The maximum absolute atomic E-state index is 12.4. The number of thioether (sulfide) groups is 1. The fraction of sp³-hybridized carbons (Fsp3) is 0.611. The van der Waals surface area contributed by atoms with Gasteiger partial charge in [0.15, 0.2) is 0 Å². The maximum atomic E-state index is 12.4. The Hall–Kier alpha value is -1.00. The molecule has 2 rings (SSSR count). The van der Waals surface area contributed by atoms with Crippen molar-refractivity contribution in [2.45, 2.75) is 45.7 Å². The molecule has 3 nitrogen and oxygen atoms in total. The average Bonchev–Trinajstić information content (AvgIpc) is 2.47. The number of carbonyl (C=O) groups excluding carboxylic acids is 1. The normalized spacial score (nSPS) is 20.4. The van der Waals surface area contributed by atoms with Crippen LogP contribution in [0.25, 0.3) is 0 Å². The highest BCUT2D eigenvalue weighted by molar-refractivity contribution is 7.99. The first-order valence-electron chi connectivity index (χ1n) is 8.09. The van der Waals surface area contributed by atoms with Gasteiger partial charge in [-0.3, -0.25) is 4.79 Å². The maximum Gasteiger partial charge on any atom is 0.222 e. The molecule has 0 aliphatic carbocycles. The van der Waals surface area contributed by atoms with Crippen LogP contribution in [0.15, 0.2) is 30.3 Å². The van der Waals surface area contributed by atoms with E-state index in [4.69, 9.17) is 0 Å². The summed E-state index contributed by atoms with van der Waals surface area (Å²) in [5.74, 6) is 2.33. The van der Waals surface area contributed by atoms with Crippen LogP contribution < -0.4 is 10.6 Å². The third kappa shape index (κ3) is 6.01. The van der Waals surface area contributed by atoms with Crippen molar-refractivity contribution < 1.29 is 4.79 Å². The molecule has 1 aromatic carbocycles. The second-order valence-electron chi connectivity index (χ2n) is 7.23. The largest absolute Gasteiger partial charge is 0.349 e. The van der Waals surface area contributed by atoms with Gasteiger partial charge < -0.3 is 10.6 Å². The minimum absolute atomic E-state index is 0.0879. The summed E-state index contributed by atoms with van der Waals surface area (Å²) in [4.78, 5) is 12.4. The molecule has 1 aliphatic heterocycles. The number of benzene rings is 1. The van der Waals surface area contributed by atoms with Gasteiger partial charge in [0.1, 0.15) is 0 Å². The molecule has 1 fully saturated rings. The van der Waals surface area contributed by atoms with Crippen molar-refractivity contribution in [2.24, 2.45) is 5.41 Å². The molecule has 1 heterocycles.